The van der Waals surface area contributed by atoms with Crippen LogP contribution < -0.4 is 15.0 Å². The second-order valence-electron chi connectivity index (χ2n) is 9.14. The highest BCUT2D eigenvalue weighted by atomic mass is 32.2. The van der Waals surface area contributed by atoms with E-state index in [9.17, 15) is 36.3 Å². The molecule has 3 aromatic rings. The number of carbonyl (C=O) groups excluding carboxylic acids is 2. The topological polar surface area (TPSA) is 113 Å². The first-order chi connectivity index (χ1) is 18.9. The Morgan fingerprint density at radius 1 is 1.05 bits per heavy atom. The zero-order chi connectivity index (χ0) is 29.1. The van der Waals surface area contributed by atoms with Gasteiger partial charge in [-0.2, -0.15) is 13.2 Å². The summed E-state index contributed by atoms with van der Waals surface area (Å²) >= 11 is 0. The maximum absolute atomic E-state index is 12.9. The molecule has 4 rings (SSSR count). The minimum Gasteiger partial charge on any atom is -0.481 e. The number of aliphatic hydroxyl groups excluding tert-OH is 1. The van der Waals surface area contributed by atoms with Crippen LogP contribution in [0, 0.1) is 0 Å². The number of carbonyl (C=O) groups is 2. The van der Waals surface area contributed by atoms with Gasteiger partial charge in [0.05, 0.1) is 28.9 Å². The summed E-state index contributed by atoms with van der Waals surface area (Å²) in [5.41, 5.74) is 0.515. The molecule has 8 nitrogen and oxygen atoms in total. The number of nitrogens with one attached hydrogen (secondary N) is 1. The van der Waals surface area contributed by atoms with Crippen LogP contribution in [0.15, 0.2) is 77.7 Å². The van der Waals surface area contributed by atoms with Crippen LogP contribution in [0.3, 0.4) is 0 Å². The Kier molecular flexibility index (Phi) is 8.50. The van der Waals surface area contributed by atoms with Crippen molar-refractivity contribution in [2.24, 2.45) is 0 Å². The molecule has 1 aliphatic heterocycles. The summed E-state index contributed by atoms with van der Waals surface area (Å²) in [5, 5.41) is 12.5. The first-order valence-corrected chi connectivity index (χ1v) is 14.1. The lowest BCUT2D eigenvalue weighted by atomic mass is 10.1. The van der Waals surface area contributed by atoms with Crippen molar-refractivity contribution in [3.05, 3.63) is 89.5 Å². The summed E-state index contributed by atoms with van der Waals surface area (Å²) in [6.07, 6.45) is -4.99. The fourth-order valence-electron chi connectivity index (χ4n) is 4.25. The van der Waals surface area contributed by atoms with Crippen molar-refractivity contribution in [3.8, 4) is 5.75 Å². The molecule has 3 aromatic carbocycles. The zero-order valence-corrected chi connectivity index (χ0v) is 22.2. The van der Waals surface area contributed by atoms with Crippen LogP contribution in [0.5, 0.6) is 5.75 Å². The smallest absolute Gasteiger partial charge is 0.416 e. The van der Waals surface area contributed by atoms with Gasteiger partial charge in [-0.15, -0.1) is 0 Å². The number of benzene rings is 3. The number of sulfone groups is 1. The fourth-order valence-corrected chi connectivity index (χ4v) is 5.13. The van der Waals surface area contributed by atoms with E-state index in [2.05, 4.69) is 5.32 Å². The molecule has 40 heavy (non-hydrogen) atoms. The first kappa shape index (κ1) is 29.1. The summed E-state index contributed by atoms with van der Waals surface area (Å²) in [4.78, 5) is 27.3. The monoisotopic (exact) mass is 576 g/mol. The van der Waals surface area contributed by atoms with Crippen molar-refractivity contribution < 1.29 is 41.0 Å². The molecule has 2 amide bonds. The highest BCUT2D eigenvalue weighted by molar-refractivity contribution is 7.91. The number of amides is 2. The summed E-state index contributed by atoms with van der Waals surface area (Å²) in [5.74, 6) is -0.725. The van der Waals surface area contributed by atoms with Crippen LogP contribution in [0.25, 0.3) is 0 Å². The fraction of sp³-hybridized carbons (Fsp3) is 0.286. The van der Waals surface area contributed by atoms with Crippen molar-refractivity contribution >= 4 is 27.3 Å². The van der Waals surface area contributed by atoms with E-state index >= 15 is 0 Å². The van der Waals surface area contributed by atoms with Crippen LogP contribution >= 0.6 is 0 Å². The van der Waals surface area contributed by atoms with Crippen molar-refractivity contribution in [1.82, 2.24) is 5.32 Å². The summed E-state index contributed by atoms with van der Waals surface area (Å²) in [7, 11) is -3.38. The maximum atomic E-state index is 12.9. The minimum atomic E-state index is -4.47. The normalized spacial score (nSPS) is 16.6. The van der Waals surface area contributed by atoms with Crippen LogP contribution in [0.4, 0.5) is 18.9 Å². The molecule has 0 spiro atoms. The lowest BCUT2D eigenvalue weighted by Crippen LogP contribution is -2.32. The van der Waals surface area contributed by atoms with Gasteiger partial charge >= 0.3 is 6.18 Å². The van der Waals surface area contributed by atoms with Crippen LogP contribution in [0.1, 0.15) is 40.9 Å². The maximum Gasteiger partial charge on any atom is 0.416 e. The predicted molar refractivity (Wildman–Crippen MR) is 141 cm³/mol. The summed E-state index contributed by atoms with van der Waals surface area (Å²) in [6.45, 7) is 1.46. The van der Waals surface area contributed by atoms with Gasteiger partial charge in [0.2, 0.25) is 0 Å². The Balaban J connectivity index is 1.37. The molecule has 0 aromatic heterocycles. The van der Waals surface area contributed by atoms with Crippen LogP contribution in [-0.4, -0.2) is 50.3 Å². The Morgan fingerprint density at radius 3 is 2.23 bits per heavy atom. The number of hydrogen-bond donors (Lipinski definition) is 2. The van der Waals surface area contributed by atoms with E-state index in [0.717, 1.165) is 12.1 Å². The van der Waals surface area contributed by atoms with Gasteiger partial charge in [0.1, 0.15) is 5.75 Å². The molecule has 1 aliphatic rings. The van der Waals surface area contributed by atoms with Gasteiger partial charge in [0.15, 0.2) is 15.9 Å². The third kappa shape index (κ3) is 6.45. The number of aliphatic hydroxyl groups is 1. The molecule has 2 atom stereocenters. The number of nitrogens with zero attached hydrogens (tertiary/aromatic N) is 1. The van der Waals surface area contributed by atoms with E-state index in [0.29, 0.717) is 24.2 Å². The second kappa shape index (κ2) is 11.7. The molecule has 0 saturated carbocycles. The molecule has 0 unspecified atom stereocenters. The summed E-state index contributed by atoms with van der Waals surface area (Å²) in [6, 6.07) is 15.5. The number of anilines is 1. The van der Waals surface area contributed by atoms with E-state index in [4.69, 9.17) is 4.74 Å². The molecule has 1 fully saturated rings. The second-order valence-corrected chi connectivity index (χ2v) is 11.4. The molecule has 1 heterocycles. The number of rotatable bonds is 9. The number of halogens is 3. The number of hydrogen-bond acceptors (Lipinski definition) is 6. The largest absolute Gasteiger partial charge is 0.481 e. The Hall–Kier alpha value is -3.90. The van der Waals surface area contributed by atoms with Crippen molar-refractivity contribution in [3.63, 3.8) is 0 Å². The molecule has 0 radical (unpaired) electrons. The third-order valence-corrected chi connectivity index (χ3v) is 8.32. The van der Waals surface area contributed by atoms with Gasteiger partial charge in [0, 0.05) is 24.2 Å². The van der Waals surface area contributed by atoms with Crippen molar-refractivity contribution in [2.45, 2.75) is 36.6 Å². The van der Waals surface area contributed by atoms with E-state index in [1.165, 1.54) is 53.4 Å². The average molecular weight is 577 g/mol. The molecule has 1 saturated heterocycles. The molecule has 212 valence electrons. The molecular formula is C28H27F3N2O6S. The molecule has 2 N–H and O–H groups in total. The standard InChI is InChI=1S/C28H27F3N2O6S/c1-2-40(37,38)23-13-5-18(6-14-23)24(17-34)32-26(35)19-3-9-21(10-4-19)33-16-15-25(27(33)36)39-22-11-7-20(8-12-22)28(29,30)31/h3-14,24-25,34H,2,15-17H2,1H3,(H,32,35)/t24-,25-/m0/s1. The van der Waals surface area contributed by atoms with Gasteiger partial charge in [0.25, 0.3) is 11.8 Å². The van der Waals surface area contributed by atoms with E-state index in [1.807, 2.05) is 0 Å². The molecular weight excluding hydrogens is 549 g/mol. The molecule has 0 aliphatic carbocycles. The lowest BCUT2D eigenvalue weighted by molar-refractivity contribution is -0.137. The highest BCUT2D eigenvalue weighted by Crippen LogP contribution is 2.31. The predicted octanol–water partition coefficient (Wildman–Crippen LogP) is 4.15. The number of alkyl halides is 3. The van der Waals surface area contributed by atoms with Gasteiger partial charge in [-0.1, -0.05) is 19.1 Å². The van der Waals surface area contributed by atoms with Gasteiger partial charge < -0.3 is 20.1 Å². The number of ether oxygens (including phenoxy) is 1. The highest BCUT2D eigenvalue weighted by Gasteiger charge is 2.35. The molecule has 12 heteroatoms. The summed E-state index contributed by atoms with van der Waals surface area (Å²) < 4.78 is 67.9. The van der Waals surface area contributed by atoms with Gasteiger partial charge in [-0.05, 0) is 66.2 Å². The SMILES string of the molecule is CCS(=O)(=O)c1ccc([C@H](CO)NC(=O)c2ccc(N3CC[C@H](Oc4ccc(C(F)(F)F)cc4)C3=O)cc2)cc1. The van der Waals surface area contributed by atoms with Gasteiger partial charge in [-0.3, -0.25) is 9.59 Å². The molecule has 0 bridgehead atoms. The van der Waals surface area contributed by atoms with Crippen molar-refractivity contribution in [1.29, 1.82) is 0 Å². The average Bonchev–Trinajstić information content (AvgIpc) is 3.31. The lowest BCUT2D eigenvalue weighted by Gasteiger charge is -2.19. The van der Waals surface area contributed by atoms with E-state index < -0.39 is 46.2 Å². The third-order valence-electron chi connectivity index (χ3n) is 6.57. The van der Waals surface area contributed by atoms with Gasteiger partial charge in [-0.25, -0.2) is 8.42 Å². The zero-order valence-electron chi connectivity index (χ0n) is 21.4. The van der Waals surface area contributed by atoms with Crippen molar-refractivity contribution in [2.75, 3.05) is 23.8 Å². The Morgan fingerprint density at radius 2 is 1.68 bits per heavy atom. The van der Waals surface area contributed by atoms with E-state index in [1.54, 1.807) is 19.1 Å². The van der Waals surface area contributed by atoms with E-state index in [-0.39, 0.29) is 27.9 Å². The first-order valence-electron chi connectivity index (χ1n) is 12.4. The van der Waals surface area contributed by atoms with Crippen LogP contribution in [0.2, 0.25) is 0 Å². The Labute approximate surface area is 229 Å². The van der Waals surface area contributed by atoms with Crippen LogP contribution in [-0.2, 0) is 20.8 Å². The minimum absolute atomic E-state index is 0.0433. The Bertz CT molecular complexity index is 1460. The quantitative estimate of drug-likeness (QED) is 0.396.